The first-order valence-electron chi connectivity index (χ1n) is 1.10. The van der Waals surface area contributed by atoms with Crippen LogP contribution in [-0.2, 0) is 4.79 Å². The van der Waals surface area contributed by atoms with Crippen molar-refractivity contribution in [2.75, 3.05) is 6.61 Å². The minimum Gasteiger partial charge on any atom is -1.00 e. The topological polar surface area (TPSA) is 57.5 Å². The molecule has 0 saturated carbocycles. The molecule has 0 unspecified atom stereocenters. The van der Waals surface area contributed by atoms with Crippen molar-refractivity contribution in [1.82, 2.24) is 0 Å². The molecule has 0 aliphatic heterocycles. The van der Waals surface area contributed by atoms with Crippen LogP contribution < -0.4 is 70.2 Å². The summed E-state index contributed by atoms with van der Waals surface area (Å²) in [4.78, 5) is 9.12. The van der Waals surface area contributed by atoms with Crippen LogP contribution in [0, 0.1) is 0 Å². The Balaban J connectivity index is -0.0000000133. The Morgan fingerprint density at radius 1 is 1.71 bits per heavy atom. The van der Waals surface area contributed by atoms with Gasteiger partial charge >= 0.3 is 76.2 Å². The van der Waals surface area contributed by atoms with Gasteiger partial charge in [0.25, 0.3) is 0 Å². The summed E-state index contributed by atoms with van der Waals surface area (Å²) in [6.45, 7) is -0.778. The molecule has 0 aliphatic rings. The average Bonchev–Trinajstić information content (AvgIpc) is 1.38. The summed E-state index contributed by atoms with van der Waals surface area (Å²) in [5.74, 6) is -1.19. The van der Waals surface area contributed by atoms with E-state index in [1.807, 2.05) is 0 Å². The summed E-state index contributed by atoms with van der Waals surface area (Å²) in [7, 11) is 0. The zero-order chi connectivity index (χ0) is 4.28. The van der Waals surface area contributed by atoms with Gasteiger partial charge in [-0.25, -0.2) is 4.79 Å². The maximum atomic E-state index is 9.12. The van der Waals surface area contributed by atoms with Gasteiger partial charge in [-0.05, 0) is 0 Å². The summed E-state index contributed by atoms with van der Waals surface area (Å²) in [6.07, 6.45) is 0. The average molecular weight is 124 g/mol. The number of carbonyl (C=O) groups is 1. The normalized spacial score (nSPS) is 5.29. The molecule has 3 nitrogen and oxygen atoms in total. The molecule has 0 radical (unpaired) electrons. The van der Waals surface area contributed by atoms with E-state index in [4.69, 9.17) is 15.0 Å². The maximum absolute atomic E-state index is 9.12. The quantitative estimate of drug-likeness (QED) is 0.342. The second-order valence-corrected chi connectivity index (χ2v) is 0.552. The van der Waals surface area contributed by atoms with Gasteiger partial charge in [0.05, 0.1) is 0 Å². The summed E-state index contributed by atoms with van der Waals surface area (Å²) in [5.41, 5.74) is 0. The van der Waals surface area contributed by atoms with E-state index < -0.39 is 12.6 Å². The van der Waals surface area contributed by atoms with Crippen LogP contribution in [0.2, 0.25) is 0 Å². The van der Waals surface area contributed by atoms with Crippen LogP contribution in [0.15, 0.2) is 0 Å². The van der Waals surface area contributed by atoms with E-state index in [1.165, 1.54) is 0 Å². The Morgan fingerprint density at radius 2 is 1.86 bits per heavy atom. The standard InChI is InChI=1S/C2H4O3.K.Li.2H/c3-1-2(4)5;;;;/h3H,1H2,(H,4,5);;;;/q;2*+1;2*-1. The Kier molecular flexibility index (Phi) is 24.0. The van der Waals surface area contributed by atoms with Crippen LogP contribution in [0.3, 0.4) is 0 Å². The third-order valence-corrected chi connectivity index (χ3v) is 0.135. The number of rotatable bonds is 1. The molecule has 0 fully saturated rings. The van der Waals surface area contributed by atoms with Crippen LogP contribution in [0.1, 0.15) is 2.85 Å². The van der Waals surface area contributed by atoms with Gasteiger partial charge in [-0.3, -0.25) is 0 Å². The molecule has 0 spiro atoms. The second kappa shape index (κ2) is 10.6. The van der Waals surface area contributed by atoms with E-state index in [0.717, 1.165) is 0 Å². The molecule has 34 valence electrons. The van der Waals surface area contributed by atoms with E-state index in [2.05, 4.69) is 0 Å². The Morgan fingerprint density at radius 3 is 1.86 bits per heavy atom. The first kappa shape index (κ1) is 15.9. The number of aliphatic hydroxyl groups is 1. The van der Waals surface area contributed by atoms with Crippen molar-refractivity contribution in [2.24, 2.45) is 0 Å². The number of aliphatic hydroxyl groups excluding tert-OH is 1. The predicted octanol–water partition coefficient (Wildman–Crippen LogP) is -6.70. The smallest absolute Gasteiger partial charge is 1.00 e. The largest absolute Gasteiger partial charge is 1.00 e. The molecule has 0 aromatic rings. The number of hydrogen-bond donors (Lipinski definition) is 2. The molecular formula is C2H6KLiO3. The summed E-state index contributed by atoms with van der Waals surface area (Å²) in [6, 6.07) is 0. The van der Waals surface area contributed by atoms with Gasteiger partial charge in [0.1, 0.15) is 6.61 Å². The fourth-order valence-electron chi connectivity index (χ4n) is 0. The van der Waals surface area contributed by atoms with E-state index >= 15 is 0 Å². The zero-order valence-corrected chi connectivity index (χ0v) is 7.63. The van der Waals surface area contributed by atoms with Crippen LogP contribution in [0.4, 0.5) is 0 Å². The van der Waals surface area contributed by atoms with Crippen LogP contribution >= 0.6 is 0 Å². The molecule has 0 aromatic heterocycles. The monoisotopic (exact) mass is 124 g/mol. The molecule has 0 saturated heterocycles. The molecule has 0 heterocycles. The first-order chi connectivity index (χ1) is 2.27. The minimum atomic E-state index is -1.19. The molecule has 0 aliphatic carbocycles. The van der Waals surface area contributed by atoms with Crippen LogP contribution in [-0.4, -0.2) is 22.8 Å². The van der Waals surface area contributed by atoms with Gasteiger partial charge in [-0.2, -0.15) is 0 Å². The van der Waals surface area contributed by atoms with Crippen LogP contribution in [0.25, 0.3) is 0 Å². The van der Waals surface area contributed by atoms with E-state index in [0.29, 0.717) is 0 Å². The van der Waals surface area contributed by atoms with Crippen LogP contribution in [0.5, 0.6) is 0 Å². The summed E-state index contributed by atoms with van der Waals surface area (Å²) >= 11 is 0. The SMILES string of the molecule is O=C(O)CO.[H-].[H-].[K+].[Li+]. The van der Waals surface area contributed by atoms with Gasteiger partial charge in [0.15, 0.2) is 0 Å². The van der Waals surface area contributed by atoms with Gasteiger partial charge in [-0.1, -0.05) is 0 Å². The van der Waals surface area contributed by atoms with Crippen molar-refractivity contribution >= 4 is 5.97 Å². The molecule has 2 N–H and O–H groups in total. The van der Waals surface area contributed by atoms with E-state index in [-0.39, 0.29) is 73.1 Å². The third-order valence-electron chi connectivity index (χ3n) is 0.135. The zero-order valence-electron chi connectivity index (χ0n) is 6.51. The van der Waals surface area contributed by atoms with Crippen molar-refractivity contribution in [3.63, 3.8) is 0 Å². The fraction of sp³-hybridized carbons (Fsp3) is 0.500. The Labute approximate surface area is 99.0 Å². The number of aliphatic carboxylic acids is 1. The minimum absolute atomic E-state index is 0. The van der Waals surface area contributed by atoms with Crippen molar-refractivity contribution in [2.45, 2.75) is 0 Å². The third kappa shape index (κ3) is 18.3. The molecular weight excluding hydrogens is 118 g/mol. The van der Waals surface area contributed by atoms with Gasteiger partial charge < -0.3 is 13.1 Å². The predicted molar refractivity (Wildman–Crippen MR) is 16.9 cm³/mol. The molecule has 7 heavy (non-hydrogen) atoms. The molecule has 0 aromatic carbocycles. The molecule has 0 amide bonds. The van der Waals surface area contributed by atoms with Crippen molar-refractivity contribution in [3.05, 3.63) is 0 Å². The van der Waals surface area contributed by atoms with Gasteiger partial charge in [0.2, 0.25) is 0 Å². The van der Waals surface area contributed by atoms with E-state index in [1.54, 1.807) is 0 Å². The first-order valence-corrected chi connectivity index (χ1v) is 1.10. The molecule has 0 bridgehead atoms. The Bertz CT molecular complexity index is 55.1. The summed E-state index contributed by atoms with van der Waals surface area (Å²) in [5, 5.41) is 15.0. The summed E-state index contributed by atoms with van der Waals surface area (Å²) < 4.78 is 0. The maximum Gasteiger partial charge on any atom is 1.00 e. The number of hydrogen-bond acceptors (Lipinski definition) is 2. The van der Waals surface area contributed by atoms with Crippen molar-refractivity contribution in [1.29, 1.82) is 0 Å². The fourth-order valence-corrected chi connectivity index (χ4v) is 0. The Hall–Kier alpha value is 1.66. The number of carboxylic acid groups (broad SMARTS) is 1. The van der Waals surface area contributed by atoms with Gasteiger partial charge in [-0.15, -0.1) is 0 Å². The molecule has 0 atom stereocenters. The second-order valence-electron chi connectivity index (χ2n) is 0.552. The molecule has 5 heteroatoms. The van der Waals surface area contributed by atoms with Crippen molar-refractivity contribution in [3.8, 4) is 0 Å². The molecule has 0 rings (SSSR count). The number of carboxylic acids is 1. The van der Waals surface area contributed by atoms with Crippen molar-refractivity contribution < 1.29 is 88.1 Å². The van der Waals surface area contributed by atoms with E-state index in [9.17, 15) is 0 Å². The van der Waals surface area contributed by atoms with Gasteiger partial charge in [0, 0.05) is 0 Å².